The van der Waals surface area contributed by atoms with E-state index in [-0.39, 0.29) is 11.5 Å². The van der Waals surface area contributed by atoms with Gasteiger partial charge in [0.25, 0.3) is 0 Å². The van der Waals surface area contributed by atoms with Crippen LogP contribution in [-0.2, 0) is 0 Å². The lowest BCUT2D eigenvalue weighted by Gasteiger charge is -1.92. The summed E-state index contributed by atoms with van der Waals surface area (Å²) in [5.41, 5.74) is 1.38. The number of hydrogen-bond donors (Lipinski definition) is 1. The largest absolute Gasteiger partial charge is 0.478 e. The molecule has 0 unspecified atom stereocenters. The molecule has 0 atom stereocenters. The molecular formula is C13H7FN2O3. The number of fused-ring (bicyclic) bond motifs is 1. The van der Waals surface area contributed by atoms with E-state index in [2.05, 4.69) is 9.97 Å². The van der Waals surface area contributed by atoms with Gasteiger partial charge in [-0.15, -0.1) is 0 Å². The van der Waals surface area contributed by atoms with Gasteiger partial charge in [-0.05, 0) is 30.3 Å². The molecule has 0 bridgehead atoms. The maximum absolute atomic E-state index is 12.8. The third-order valence-electron chi connectivity index (χ3n) is 2.58. The Morgan fingerprint density at radius 1 is 1.26 bits per heavy atom. The summed E-state index contributed by atoms with van der Waals surface area (Å²) in [6.45, 7) is 0. The third kappa shape index (κ3) is 2.03. The number of carboxylic acids is 1. The van der Waals surface area contributed by atoms with Crippen molar-refractivity contribution in [2.75, 3.05) is 0 Å². The van der Waals surface area contributed by atoms with E-state index in [1.165, 1.54) is 30.3 Å². The second kappa shape index (κ2) is 4.16. The zero-order chi connectivity index (χ0) is 13.4. The molecule has 0 saturated carbocycles. The standard InChI is InChI=1S/C13H7FN2O3/c14-8-2-3-9(15-6-8)12-16-10-5-7(13(17)18)1-4-11(10)19-12/h1-6H,(H,17,18). The topological polar surface area (TPSA) is 76.2 Å². The van der Waals surface area contributed by atoms with Gasteiger partial charge in [0.05, 0.1) is 11.8 Å². The van der Waals surface area contributed by atoms with Gasteiger partial charge in [-0.3, -0.25) is 0 Å². The molecule has 0 aliphatic carbocycles. The van der Waals surface area contributed by atoms with E-state index in [4.69, 9.17) is 9.52 Å². The van der Waals surface area contributed by atoms with Crippen LogP contribution in [0.4, 0.5) is 4.39 Å². The number of pyridine rings is 1. The highest BCUT2D eigenvalue weighted by atomic mass is 19.1. The first-order valence-corrected chi connectivity index (χ1v) is 5.39. The molecule has 6 heteroatoms. The van der Waals surface area contributed by atoms with Crippen LogP contribution in [-0.4, -0.2) is 21.0 Å². The third-order valence-corrected chi connectivity index (χ3v) is 2.58. The van der Waals surface area contributed by atoms with Gasteiger partial charge in [-0.25, -0.2) is 19.2 Å². The molecule has 19 heavy (non-hydrogen) atoms. The summed E-state index contributed by atoms with van der Waals surface area (Å²) < 4.78 is 18.2. The van der Waals surface area contributed by atoms with Gasteiger partial charge >= 0.3 is 5.97 Å². The second-order valence-corrected chi connectivity index (χ2v) is 3.87. The quantitative estimate of drug-likeness (QED) is 0.764. The van der Waals surface area contributed by atoms with E-state index in [1.54, 1.807) is 0 Å². The van der Waals surface area contributed by atoms with Crippen LogP contribution in [0.3, 0.4) is 0 Å². The first-order chi connectivity index (χ1) is 9.13. The van der Waals surface area contributed by atoms with E-state index in [0.29, 0.717) is 16.8 Å². The van der Waals surface area contributed by atoms with E-state index >= 15 is 0 Å². The van der Waals surface area contributed by atoms with Gasteiger partial charge in [-0.2, -0.15) is 0 Å². The number of carboxylic acid groups (broad SMARTS) is 1. The minimum atomic E-state index is -1.04. The molecule has 3 rings (SSSR count). The number of benzene rings is 1. The van der Waals surface area contributed by atoms with Crippen molar-refractivity contribution < 1.29 is 18.7 Å². The van der Waals surface area contributed by atoms with Crippen LogP contribution in [0.1, 0.15) is 10.4 Å². The lowest BCUT2D eigenvalue weighted by Crippen LogP contribution is -1.94. The Balaban J connectivity index is 2.11. The molecule has 94 valence electrons. The SMILES string of the molecule is O=C(O)c1ccc2oc(-c3ccc(F)cn3)nc2c1. The summed E-state index contributed by atoms with van der Waals surface area (Å²) in [4.78, 5) is 18.8. The summed E-state index contributed by atoms with van der Waals surface area (Å²) in [6, 6.07) is 7.06. The Kier molecular flexibility index (Phi) is 2.49. The predicted octanol–water partition coefficient (Wildman–Crippen LogP) is 2.73. The molecule has 0 aliphatic heterocycles. The average molecular weight is 258 g/mol. The van der Waals surface area contributed by atoms with Crippen LogP contribution in [0.25, 0.3) is 22.7 Å². The zero-order valence-corrected chi connectivity index (χ0v) is 9.50. The predicted molar refractivity (Wildman–Crippen MR) is 64.2 cm³/mol. The van der Waals surface area contributed by atoms with Crippen molar-refractivity contribution in [3.05, 3.63) is 47.9 Å². The molecule has 0 aliphatic rings. The van der Waals surface area contributed by atoms with E-state index in [1.807, 2.05) is 0 Å². The van der Waals surface area contributed by atoms with Gasteiger partial charge in [-0.1, -0.05) is 0 Å². The second-order valence-electron chi connectivity index (χ2n) is 3.87. The highest BCUT2D eigenvalue weighted by Crippen LogP contribution is 2.23. The van der Waals surface area contributed by atoms with E-state index in [0.717, 1.165) is 6.20 Å². The van der Waals surface area contributed by atoms with Gasteiger partial charge in [0.15, 0.2) is 5.58 Å². The fraction of sp³-hybridized carbons (Fsp3) is 0. The molecule has 2 aromatic heterocycles. The fourth-order valence-corrected chi connectivity index (χ4v) is 1.67. The smallest absolute Gasteiger partial charge is 0.335 e. The average Bonchev–Trinajstić information content (AvgIpc) is 2.82. The number of rotatable bonds is 2. The molecule has 0 spiro atoms. The summed E-state index contributed by atoms with van der Waals surface area (Å²) in [6.07, 6.45) is 1.06. The maximum Gasteiger partial charge on any atom is 0.335 e. The first kappa shape index (κ1) is 11.3. The first-order valence-electron chi connectivity index (χ1n) is 5.39. The molecule has 1 N–H and O–H groups in total. The monoisotopic (exact) mass is 258 g/mol. The molecule has 3 aromatic rings. The summed E-state index contributed by atoms with van der Waals surface area (Å²) >= 11 is 0. The number of hydrogen-bond acceptors (Lipinski definition) is 4. The zero-order valence-electron chi connectivity index (χ0n) is 9.50. The van der Waals surface area contributed by atoms with Gasteiger partial charge in [0, 0.05) is 0 Å². The Labute approximate surface area is 106 Å². The molecule has 0 radical (unpaired) electrons. The van der Waals surface area contributed by atoms with Crippen LogP contribution in [0.15, 0.2) is 40.9 Å². The van der Waals surface area contributed by atoms with Crippen LogP contribution in [0.5, 0.6) is 0 Å². The van der Waals surface area contributed by atoms with Gasteiger partial charge in [0.2, 0.25) is 5.89 Å². The number of oxazole rings is 1. The van der Waals surface area contributed by atoms with Crippen LogP contribution in [0.2, 0.25) is 0 Å². The summed E-state index contributed by atoms with van der Waals surface area (Å²) in [5, 5.41) is 8.89. The number of carbonyl (C=O) groups is 1. The van der Waals surface area contributed by atoms with Crippen molar-refractivity contribution in [2.45, 2.75) is 0 Å². The molecule has 1 aromatic carbocycles. The van der Waals surface area contributed by atoms with Crippen molar-refractivity contribution in [3.8, 4) is 11.6 Å². The van der Waals surface area contributed by atoms with Crippen LogP contribution < -0.4 is 0 Å². The van der Waals surface area contributed by atoms with Crippen LogP contribution >= 0.6 is 0 Å². The normalized spacial score (nSPS) is 10.8. The van der Waals surface area contributed by atoms with Crippen molar-refractivity contribution in [3.63, 3.8) is 0 Å². The van der Waals surface area contributed by atoms with Crippen molar-refractivity contribution in [1.29, 1.82) is 0 Å². The number of aromatic carboxylic acids is 1. The van der Waals surface area contributed by atoms with Gasteiger partial charge in [0.1, 0.15) is 17.0 Å². The lowest BCUT2D eigenvalue weighted by molar-refractivity contribution is 0.0697. The van der Waals surface area contributed by atoms with Crippen LogP contribution in [0, 0.1) is 5.82 Å². The Morgan fingerprint density at radius 3 is 2.79 bits per heavy atom. The lowest BCUT2D eigenvalue weighted by atomic mass is 10.2. The number of aromatic nitrogens is 2. The summed E-state index contributed by atoms with van der Waals surface area (Å²) in [5.74, 6) is -1.27. The molecular weight excluding hydrogens is 251 g/mol. The van der Waals surface area contributed by atoms with Crippen molar-refractivity contribution in [2.24, 2.45) is 0 Å². The highest BCUT2D eigenvalue weighted by Gasteiger charge is 2.11. The van der Waals surface area contributed by atoms with E-state index < -0.39 is 11.8 Å². The molecule has 2 heterocycles. The minimum absolute atomic E-state index is 0.124. The maximum atomic E-state index is 12.8. The van der Waals surface area contributed by atoms with Gasteiger partial charge < -0.3 is 9.52 Å². The van der Waals surface area contributed by atoms with Crippen molar-refractivity contribution >= 4 is 17.1 Å². The number of halogens is 1. The molecule has 0 saturated heterocycles. The van der Waals surface area contributed by atoms with E-state index in [9.17, 15) is 9.18 Å². The number of nitrogens with zero attached hydrogens (tertiary/aromatic N) is 2. The highest BCUT2D eigenvalue weighted by molar-refractivity contribution is 5.92. The summed E-state index contributed by atoms with van der Waals surface area (Å²) in [7, 11) is 0. The molecule has 0 amide bonds. The fourth-order valence-electron chi connectivity index (χ4n) is 1.67. The van der Waals surface area contributed by atoms with Crippen molar-refractivity contribution in [1.82, 2.24) is 9.97 Å². The molecule has 0 fully saturated rings. The Morgan fingerprint density at radius 2 is 2.11 bits per heavy atom. The Hall–Kier alpha value is -2.76. The molecule has 5 nitrogen and oxygen atoms in total. The minimum Gasteiger partial charge on any atom is -0.478 e. The Bertz CT molecular complexity index is 765.